The van der Waals surface area contributed by atoms with Gasteiger partial charge in [0.15, 0.2) is 5.69 Å². The van der Waals surface area contributed by atoms with Crippen molar-refractivity contribution in [2.75, 3.05) is 32.9 Å². The Morgan fingerprint density at radius 3 is 3.12 bits per heavy atom. The molecule has 0 radical (unpaired) electrons. The predicted octanol–water partition coefficient (Wildman–Crippen LogP) is 2.11. The number of pyridine rings is 1. The van der Waals surface area contributed by atoms with Crippen molar-refractivity contribution in [1.29, 1.82) is 0 Å². The van der Waals surface area contributed by atoms with E-state index in [1.54, 1.807) is 6.20 Å². The molecule has 3 fully saturated rings. The van der Waals surface area contributed by atoms with Crippen LogP contribution in [0.15, 0.2) is 35.0 Å². The van der Waals surface area contributed by atoms with Gasteiger partial charge in [0.05, 0.1) is 25.2 Å². The number of aromatic nitrogens is 2. The topological polar surface area (TPSA) is 77.7 Å². The number of likely N-dealkylation sites (tertiary alicyclic amines) is 1. The second kappa shape index (κ2) is 6.09. The van der Waals surface area contributed by atoms with E-state index >= 15 is 0 Å². The lowest BCUT2D eigenvalue weighted by molar-refractivity contribution is 0.0647. The maximum absolute atomic E-state index is 12.9. The van der Waals surface area contributed by atoms with Crippen molar-refractivity contribution in [3.8, 4) is 5.88 Å². The Morgan fingerprint density at radius 2 is 2.31 bits per heavy atom. The quantitative estimate of drug-likeness (QED) is 0.817. The highest BCUT2D eigenvalue weighted by Crippen LogP contribution is 2.43. The number of carbonyl (C=O) groups is 1. The first-order chi connectivity index (χ1) is 12.7. The summed E-state index contributed by atoms with van der Waals surface area (Å²) in [5.41, 5.74) is 0.226. The summed E-state index contributed by atoms with van der Waals surface area (Å²) < 4.78 is 17.0. The van der Waals surface area contributed by atoms with Gasteiger partial charge in [-0.2, -0.15) is 0 Å². The summed E-state index contributed by atoms with van der Waals surface area (Å²) in [5, 5.41) is 3.99. The van der Waals surface area contributed by atoms with Gasteiger partial charge in [-0.1, -0.05) is 11.2 Å². The van der Waals surface area contributed by atoms with Crippen molar-refractivity contribution in [2.45, 2.75) is 18.8 Å². The molecule has 0 N–H and O–H groups in total. The highest BCUT2D eigenvalue weighted by molar-refractivity contribution is 5.92. The largest absolute Gasteiger partial charge is 0.477 e. The maximum atomic E-state index is 12.9. The number of carbonyl (C=O) groups excluding carboxylic acids is 1. The van der Waals surface area contributed by atoms with Crippen LogP contribution in [0.5, 0.6) is 5.88 Å². The van der Waals surface area contributed by atoms with Gasteiger partial charge in [0, 0.05) is 43.3 Å². The van der Waals surface area contributed by atoms with E-state index in [1.807, 2.05) is 29.2 Å². The average molecular weight is 355 g/mol. The Balaban J connectivity index is 1.29. The molecule has 1 saturated carbocycles. The fraction of sp³-hybridized carbons (Fsp3) is 0.526. The third-order valence-electron chi connectivity index (χ3n) is 5.68. The number of ether oxygens (including phenoxy) is 2. The zero-order chi connectivity index (χ0) is 17.6. The summed E-state index contributed by atoms with van der Waals surface area (Å²) in [4.78, 5) is 18.9. The molecule has 1 amide bonds. The molecular weight excluding hydrogens is 334 g/mol. The Kier molecular flexibility index (Phi) is 3.70. The lowest BCUT2D eigenvalue weighted by Crippen LogP contribution is -2.38. The maximum Gasteiger partial charge on any atom is 0.276 e. The van der Waals surface area contributed by atoms with Gasteiger partial charge in [0.2, 0.25) is 5.88 Å². The summed E-state index contributed by atoms with van der Waals surface area (Å²) in [6.07, 6.45) is 3.96. The molecule has 0 unspecified atom stereocenters. The van der Waals surface area contributed by atoms with Crippen LogP contribution in [0.2, 0.25) is 0 Å². The lowest BCUT2D eigenvalue weighted by atomic mass is 9.82. The number of hydrogen-bond donors (Lipinski definition) is 0. The standard InChI is InChI=1S/C19H21N3O4/c23-18(15-7-16(26-21-15)13-4-5-13)22-8-14-9-24-11-19(14,10-22)12-25-17-3-1-2-6-20-17/h1-3,6-7,13-14H,4-5,8-12H2/t14-,19+/m1/s1. The van der Waals surface area contributed by atoms with Gasteiger partial charge < -0.3 is 18.9 Å². The van der Waals surface area contributed by atoms with Crippen LogP contribution in [-0.2, 0) is 4.74 Å². The first-order valence-corrected chi connectivity index (χ1v) is 9.11. The molecule has 2 atom stereocenters. The summed E-state index contributed by atoms with van der Waals surface area (Å²) in [7, 11) is 0. The molecule has 4 heterocycles. The molecule has 2 saturated heterocycles. The van der Waals surface area contributed by atoms with E-state index in [2.05, 4.69) is 10.1 Å². The van der Waals surface area contributed by atoms with Crippen LogP contribution in [-0.4, -0.2) is 53.9 Å². The number of rotatable bonds is 5. The first kappa shape index (κ1) is 15.8. The van der Waals surface area contributed by atoms with E-state index in [-0.39, 0.29) is 17.2 Å². The third kappa shape index (κ3) is 2.76. The Hall–Kier alpha value is -2.41. The zero-order valence-corrected chi connectivity index (χ0v) is 14.5. The van der Waals surface area contributed by atoms with Crippen LogP contribution >= 0.6 is 0 Å². The molecular formula is C19H21N3O4. The van der Waals surface area contributed by atoms with Gasteiger partial charge in [0.25, 0.3) is 5.91 Å². The summed E-state index contributed by atoms with van der Waals surface area (Å²) in [6.45, 7) is 3.01. The molecule has 26 heavy (non-hydrogen) atoms. The number of fused-ring (bicyclic) bond motifs is 1. The van der Waals surface area contributed by atoms with Crippen molar-refractivity contribution < 1.29 is 18.8 Å². The fourth-order valence-electron chi connectivity index (χ4n) is 3.95. The molecule has 5 rings (SSSR count). The van der Waals surface area contributed by atoms with E-state index in [1.165, 1.54) is 0 Å². The average Bonchev–Trinajstić information content (AvgIpc) is 3.12. The molecule has 2 aromatic rings. The van der Waals surface area contributed by atoms with Crippen LogP contribution < -0.4 is 4.74 Å². The van der Waals surface area contributed by atoms with Crippen LogP contribution in [0.4, 0.5) is 0 Å². The van der Waals surface area contributed by atoms with Gasteiger partial charge >= 0.3 is 0 Å². The van der Waals surface area contributed by atoms with Crippen LogP contribution in [0.1, 0.15) is 35.0 Å². The molecule has 7 heteroatoms. The van der Waals surface area contributed by atoms with Crippen molar-refractivity contribution in [3.63, 3.8) is 0 Å². The molecule has 7 nitrogen and oxygen atoms in total. The van der Waals surface area contributed by atoms with Gasteiger partial charge in [-0.3, -0.25) is 4.79 Å². The Morgan fingerprint density at radius 1 is 1.38 bits per heavy atom. The summed E-state index contributed by atoms with van der Waals surface area (Å²) in [6, 6.07) is 7.40. The monoisotopic (exact) mass is 355 g/mol. The highest BCUT2D eigenvalue weighted by atomic mass is 16.5. The van der Waals surface area contributed by atoms with Crippen molar-refractivity contribution in [1.82, 2.24) is 15.0 Å². The van der Waals surface area contributed by atoms with E-state index in [4.69, 9.17) is 14.0 Å². The minimum absolute atomic E-state index is 0.0627. The Labute approximate surface area is 151 Å². The number of amides is 1. The van der Waals surface area contributed by atoms with Gasteiger partial charge in [-0.25, -0.2) is 4.98 Å². The fourth-order valence-corrected chi connectivity index (χ4v) is 3.95. The molecule has 0 aromatic carbocycles. The first-order valence-electron chi connectivity index (χ1n) is 9.11. The smallest absolute Gasteiger partial charge is 0.276 e. The molecule has 2 aromatic heterocycles. The van der Waals surface area contributed by atoms with Crippen LogP contribution in [0.3, 0.4) is 0 Å². The Bertz CT molecular complexity index is 804. The van der Waals surface area contributed by atoms with Crippen LogP contribution in [0.25, 0.3) is 0 Å². The SMILES string of the molecule is O=C(c1cc(C2CC2)on1)N1C[C@@H]2COC[C@]2(COc2ccccn2)C1. The molecule has 0 spiro atoms. The molecule has 136 valence electrons. The van der Waals surface area contributed by atoms with E-state index in [9.17, 15) is 4.79 Å². The van der Waals surface area contributed by atoms with E-state index < -0.39 is 0 Å². The summed E-state index contributed by atoms with van der Waals surface area (Å²) >= 11 is 0. The molecule has 3 aliphatic rings. The minimum Gasteiger partial charge on any atom is -0.477 e. The molecule has 1 aliphatic carbocycles. The van der Waals surface area contributed by atoms with Crippen molar-refractivity contribution in [3.05, 3.63) is 41.9 Å². The van der Waals surface area contributed by atoms with E-state index in [0.717, 1.165) is 18.6 Å². The summed E-state index contributed by atoms with van der Waals surface area (Å²) in [5.74, 6) is 2.10. The number of hydrogen-bond acceptors (Lipinski definition) is 6. The van der Waals surface area contributed by atoms with Crippen molar-refractivity contribution in [2.24, 2.45) is 11.3 Å². The molecule has 0 bridgehead atoms. The molecule has 2 aliphatic heterocycles. The third-order valence-corrected chi connectivity index (χ3v) is 5.68. The lowest BCUT2D eigenvalue weighted by Gasteiger charge is -2.26. The van der Waals surface area contributed by atoms with Gasteiger partial charge in [-0.05, 0) is 18.9 Å². The van der Waals surface area contributed by atoms with Gasteiger partial charge in [0.1, 0.15) is 5.76 Å². The number of nitrogens with zero attached hydrogens (tertiary/aromatic N) is 3. The predicted molar refractivity (Wildman–Crippen MR) is 90.9 cm³/mol. The highest BCUT2D eigenvalue weighted by Gasteiger charge is 2.53. The second-order valence-electron chi connectivity index (χ2n) is 7.61. The zero-order valence-electron chi connectivity index (χ0n) is 14.5. The van der Waals surface area contributed by atoms with Gasteiger partial charge in [-0.15, -0.1) is 0 Å². The second-order valence-corrected chi connectivity index (χ2v) is 7.61. The van der Waals surface area contributed by atoms with E-state index in [0.29, 0.717) is 50.4 Å². The van der Waals surface area contributed by atoms with Crippen LogP contribution in [0, 0.1) is 11.3 Å². The minimum atomic E-state index is -0.184. The van der Waals surface area contributed by atoms with Crippen molar-refractivity contribution >= 4 is 5.91 Å². The normalized spacial score (nSPS) is 27.5.